The Morgan fingerprint density at radius 1 is 1.20 bits per heavy atom. The number of nitrogens with one attached hydrogen (secondary N) is 1. The molecule has 2 aromatic rings. The summed E-state index contributed by atoms with van der Waals surface area (Å²) in [6.45, 7) is 5.08. The maximum Gasteiger partial charge on any atom is 0.142 e. The molecule has 1 N–H and O–H groups in total. The fourth-order valence-electron chi connectivity index (χ4n) is 1.90. The number of benzene rings is 2. The Labute approximate surface area is 123 Å². The first kappa shape index (κ1) is 14.7. The summed E-state index contributed by atoms with van der Waals surface area (Å²) in [4.78, 5) is 0. The molecule has 4 heteroatoms. The van der Waals surface area contributed by atoms with Crippen LogP contribution in [0.25, 0.3) is 0 Å². The van der Waals surface area contributed by atoms with Gasteiger partial charge in [0, 0.05) is 6.54 Å². The maximum absolute atomic E-state index is 13.4. The average molecular weight is 294 g/mol. The molecule has 0 fully saturated rings. The summed E-state index contributed by atoms with van der Waals surface area (Å²) < 4.78 is 19.0. The first-order valence-electron chi connectivity index (χ1n) is 6.51. The van der Waals surface area contributed by atoms with Crippen LogP contribution in [-0.4, -0.2) is 6.61 Å². The zero-order valence-electron chi connectivity index (χ0n) is 11.5. The van der Waals surface area contributed by atoms with Crippen molar-refractivity contribution in [3.05, 3.63) is 58.4 Å². The largest absolute Gasteiger partial charge is 0.492 e. The Kier molecular flexibility index (Phi) is 4.85. The fraction of sp³-hybridized carbons (Fsp3) is 0.250. The van der Waals surface area contributed by atoms with E-state index < -0.39 is 5.82 Å². The van der Waals surface area contributed by atoms with E-state index in [-0.39, 0.29) is 5.02 Å². The van der Waals surface area contributed by atoms with Crippen LogP contribution in [0.5, 0.6) is 5.75 Å². The summed E-state index contributed by atoms with van der Waals surface area (Å²) >= 11 is 5.67. The Bertz CT molecular complexity index is 601. The number of ether oxygens (including phenoxy) is 1. The van der Waals surface area contributed by atoms with Gasteiger partial charge in [0.05, 0.1) is 17.3 Å². The zero-order valence-corrected chi connectivity index (χ0v) is 12.3. The molecule has 0 atom stereocenters. The second-order valence-electron chi connectivity index (χ2n) is 4.53. The predicted molar refractivity (Wildman–Crippen MR) is 81.1 cm³/mol. The van der Waals surface area contributed by atoms with Crippen molar-refractivity contribution in [2.45, 2.75) is 20.4 Å². The van der Waals surface area contributed by atoms with E-state index in [0.717, 1.165) is 22.6 Å². The SMILES string of the molecule is CCOc1cc(C)ccc1NCc1ccc(Cl)c(F)c1. The molecule has 20 heavy (non-hydrogen) atoms. The first-order chi connectivity index (χ1) is 9.60. The molecule has 2 aromatic carbocycles. The highest BCUT2D eigenvalue weighted by molar-refractivity contribution is 6.30. The minimum atomic E-state index is -0.403. The Morgan fingerprint density at radius 2 is 2.00 bits per heavy atom. The third-order valence-corrected chi connectivity index (χ3v) is 3.21. The van der Waals surface area contributed by atoms with E-state index in [1.54, 1.807) is 12.1 Å². The Balaban J connectivity index is 2.11. The van der Waals surface area contributed by atoms with Crippen LogP contribution in [0.3, 0.4) is 0 Å². The van der Waals surface area contributed by atoms with Crippen LogP contribution in [0.1, 0.15) is 18.1 Å². The molecule has 0 saturated carbocycles. The van der Waals surface area contributed by atoms with E-state index in [4.69, 9.17) is 16.3 Å². The van der Waals surface area contributed by atoms with Gasteiger partial charge in [-0.1, -0.05) is 23.7 Å². The topological polar surface area (TPSA) is 21.3 Å². The fourth-order valence-corrected chi connectivity index (χ4v) is 2.01. The van der Waals surface area contributed by atoms with E-state index in [1.165, 1.54) is 6.07 Å². The summed E-state index contributed by atoms with van der Waals surface area (Å²) in [7, 11) is 0. The monoisotopic (exact) mass is 293 g/mol. The average Bonchev–Trinajstić information content (AvgIpc) is 2.42. The molecule has 106 valence electrons. The van der Waals surface area contributed by atoms with Crippen molar-refractivity contribution in [3.63, 3.8) is 0 Å². The van der Waals surface area contributed by atoms with Crippen molar-refractivity contribution < 1.29 is 9.13 Å². The maximum atomic E-state index is 13.4. The highest BCUT2D eigenvalue weighted by Gasteiger charge is 2.05. The summed E-state index contributed by atoms with van der Waals surface area (Å²) in [5.74, 6) is 0.404. The van der Waals surface area contributed by atoms with Gasteiger partial charge in [0.1, 0.15) is 11.6 Å². The van der Waals surface area contributed by atoms with Crippen LogP contribution >= 0.6 is 11.6 Å². The molecule has 0 unspecified atom stereocenters. The molecule has 0 aliphatic heterocycles. The molecular formula is C16H17ClFNO. The summed E-state index contributed by atoms with van der Waals surface area (Å²) in [6.07, 6.45) is 0. The van der Waals surface area contributed by atoms with E-state index in [9.17, 15) is 4.39 Å². The van der Waals surface area contributed by atoms with Gasteiger partial charge in [-0.15, -0.1) is 0 Å². The van der Waals surface area contributed by atoms with Gasteiger partial charge < -0.3 is 10.1 Å². The van der Waals surface area contributed by atoms with Crippen molar-refractivity contribution in [1.29, 1.82) is 0 Å². The second kappa shape index (κ2) is 6.62. The van der Waals surface area contributed by atoms with Gasteiger partial charge in [-0.2, -0.15) is 0 Å². The minimum absolute atomic E-state index is 0.138. The molecular weight excluding hydrogens is 277 g/mol. The van der Waals surface area contributed by atoms with Crippen molar-refractivity contribution in [3.8, 4) is 5.75 Å². The molecule has 0 spiro atoms. The van der Waals surface area contributed by atoms with Crippen LogP contribution in [-0.2, 0) is 6.54 Å². The summed E-state index contributed by atoms with van der Waals surface area (Å²) in [5.41, 5.74) is 2.86. The molecule has 2 rings (SSSR count). The minimum Gasteiger partial charge on any atom is -0.492 e. The van der Waals surface area contributed by atoms with Gasteiger partial charge in [-0.05, 0) is 49.2 Å². The van der Waals surface area contributed by atoms with Crippen molar-refractivity contribution >= 4 is 17.3 Å². The van der Waals surface area contributed by atoms with Crippen molar-refractivity contribution in [2.75, 3.05) is 11.9 Å². The predicted octanol–water partition coefficient (Wildman–Crippen LogP) is 4.80. The lowest BCUT2D eigenvalue weighted by Crippen LogP contribution is -2.03. The molecule has 0 bridgehead atoms. The first-order valence-corrected chi connectivity index (χ1v) is 6.89. The van der Waals surface area contributed by atoms with Gasteiger partial charge in [0.25, 0.3) is 0 Å². The van der Waals surface area contributed by atoms with Gasteiger partial charge in [-0.3, -0.25) is 0 Å². The standard InChI is InChI=1S/C16H17ClFNO/c1-3-20-16-8-11(2)4-7-15(16)19-10-12-5-6-13(17)14(18)9-12/h4-9,19H,3,10H2,1-2H3. The van der Waals surface area contributed by atoms with Crippen molar-refractivity contribution in [2.24, 2.45) is 0 Å². The second-order valence-corrected chi connectivity index (χ2v) is 4.94. The third kappa shape index (κ3) is 3.64. The molecule has 0 aromatic heterocycles. The molecule has 0 amide bonds. The van der Waals surface area contributed by atoms with Gasteiger partial charge in [0.15, 0.2) is 0 Å². The molecule has 0 heterocycles. The zero-order chi connectivity index (χ0) is 14.5. The van der Waals surface area contributed by atoms with E-state index in [1.807, 2.05) is 32.0 Å². The lowest BCUT2D eigenvalue weighted by atomic mass is 10.2. The van der Waals surface area contributed by atoms with E-state index >= 15 is 0 Å². The van der Waals surface area contributed by atoms with Crippen LogP contribution in [0.4, 0.5) is 10.1 Å². The molecule has 0 aliphatic rings. The lowest BCUT2D eigenvalue weighted by molar-refractivity contribution is 0.341. The summed E-state index contributed by atoms with van der Waals surface area (Å²) in [6, 6.07) is 10.7. The van der Waals surface area contributed by atoms with Crippen LogP contribution in [0.2, 0.25) is 5.02 Å². The number of aryl methyl sites for hydroxylation is 1. The highest BCUT2D eigenvalue weighted by Crippen LogP contribution is 2.26. The molecule has 2 nitrogen and oxygen atoms in total. The number of hydrogen-bond donors (Lipinski definition) is 1. The smallest absolute Gasteiger partial charge is 0.142 e. The lowest BCUT2D eigenvalue weighted by Gasteiger charge is -2.13. The van der Waals surface area contributed by atoms with Crippen LogP contribution < -0.4 is 10.1 Å². The van der Waals surface area contributed by atoms with Crippen LogP contribution in [0, 0.1) is 12.7 Å². The van der Waals surface area contributed by atoms with Crippen molar-refractivity contribution in [1.82, 2.24) is 0 Å². The quantitative estimate of drug-likeness (QED) is 0.855. The number of rotatable bonds is 5. The Hall–Kier alpha value is -1.74. The normalized spacial score (nSPS) is 10.4. The Morgan fingerprint density at radius 3 is 2.70 bits per heavy atom. The molecule has 0 radical (unpaired) electrons. The third-order valence-electron chi connectivity index (χ3n) is 2.90. The van der Waals surface area contributed by atoms with Crippen LogP contribution in [0.15, 0.2) is 36.4 Å². The molecule has 0 saturated heterocycles. The molecule has 0 aliphatic carbocycles. The van der Waals surface area contributed by atoms with Gasteiger partial charge >= 0.3 is 0 Å². The number of hydrogen-bond acceptors (Lipinski definition) is 2. The van der Waals surface area contributed by atoms with E-state index in [2.05, 4.69) is 5.32 Å². The summed E-state index contributed by atoms with van der Waals surface area (Å²) in [5, 5.41) is 3.39. The van der Waals surface area contributed by atoms with Gasteiger partial charge in [0.2, 0.25) is 0 Å². The highest BCUT2D eigenvalue weighted by atomic mass is 35.5. The van der Waals surface area contributed by atoms with Gasteiger partial charge in [-0.25, -0.2) is 4.39 Å². The number of anilines is 1. The van der Waals surface area contributed by atoms with E-state index in [0.29, 0.717) is 13.2 Å². The number of halogens is 2.